The van der Waals surface area contributed by atoms with Crippen molar-refractivity contribution in [2.24, 2.45) is 11.8 Å². The van der Waals surface area contributed by atoms with Crippen molar-refractivity contribution >= 4 is 11.8 Å². The minimum absolute atomic E-state index is 0.0920. The number of carbonyl (C=O) groups is 2. The van der Waals surface area contributed by atoms with Crippen LogP contribution >= 0.6 is 0 Å². The van der Waals surface area contributed by atoms with E-state index in [2.05, 4.69) is 12.2 Å². The highest BCUT2D eigenvalue weighted by Crippen LogP contribution is 2.27. The third-order valence-corrected chi connectivity index (χ3v) is 5.13. The van der Waals surface area contributed by atoms with E-state index in [0.717, 1.165) is 45.2 Å². The molecule has 1 aliphatic heterocycles. The number of hydrogen-bond acceptors (Lipinski definition) is 2. The predicted molar refractivity (Wildman–Crippen MR) is 83.8 cm³/mol. The highest BCUT2D eigenvalue weighted by molar-refractivity contribution is 5.81. The largest absolute Gasteiger partial charge is 0.353 e. The first-order valence-corrected chi connectivity index (χ1v) is 8.71. The molecule has 1 N–H and O–H groups in total. The van der Waals surface area contributed by atoms with Crippen LogP contribution in [0.25, 0.3) is 0 Å². The number of nitrogens with zero attached hydrogens (tertiary/aromatic N) is 1. The maximum atomic E-state index is 12.5. The molecule has 1 atom stereocenters. The molecule has 0 aromatic carbocycles. The monoisotopic (exact) mass is 294 g/mol. The summed E-state index contributed by atoms with van der Waals surface area (Å²) in [5, 5.41) is 3.06. The number of carbonyl (C=O) groups excluding carboxylic acids is 2. The van der Waals surface area contributed by atoms with Crippen LogP contribution in [-0.2, 0) is 9.59 Å². The lowest BCUT2D eigenvalue weighted by Gasteiger charge is -2.35. The molecule has 21 heavy (non-hydrogen) atoms. The van der Waals surface area contributed by atoms with E-state index in [0.29, 0.717) is 5.91 Å². The van der Waals surface area contributed by atoms with E-state index in [-0.39, 0.29) is 23.8 Å². The van der Waals surface area contributed by atoms with E-state index in [4.69, 9.17) is 0 Å². The Morgan fingerprint density at radius 3 is 2.24 bits per heavy atom. The van der Waals surface area contributed by atoms with Gasteiger partial charge in [0.2, 0.25) is 11.8 Å². The Bertz CT molecular complexity index is 356. The molecular weight excluding hydrogens is 264 g/mol. The van der Waals surface area contributed by atoms with Crippen LogP contribution in [0.2, 0.25) is 0 Å². The van der Waals surface area contributed by atoms with Crippen molar-refractivity contribution < 1.29 is 9.59 Å². The molecule has 2 fully saturated rings. The van der Waals surface area contributed by atoms with Gasteiger partial charge in [-0.3, -0.25) is 9.59 Å². The fraction of sp³-hybridized carbons (Fsp3) is 0.882. The maximum Gasteiger partial charge on any atom is 0.225 e. The Balaban J connectivity index is 1.77. The van der Waals surface area contributed by atoms with Crippen molar-refractivity contribution in [2.45, 2.75) is 71.3 Å². The summed E-state index contributed by atoms with van der Waals surface area (Å²) in [7, 11) is 0. The molecule has 2 amide bonds. The zero-order valence-corrected chi connectivity index (χ0v) is 13.6. The molecule has 1 aliphatic carbocycles. The summed E-state index contributed by atoms with van der Waals surface area (Å²) in [5.74, 6) is 0.864. The van der Waals surface area contributed by atoms with E-state index in [9.17, 15) is 9.59 Å². The Kier molecular flexibility index (Phi) is 6.07. The van der Waals surface area contributed by atoms with Gasteiger partial charge in [-0.25, -0.2) is 0 Å². The zero-order valence-electron chi connectivity index (χ0n) is 13.6. The Labute approximate surface area is 128 Å². The third kappa shape index (κ3) is 4.45. The number of nitrogens with one attached hydrogen (secondary N) is 1. The number of piperidine rings is 1. The topological polar surface area (TPSA) is 49.4 Å². The van der Waals surface area contributed by atoms with Crippen LogP contribution in [0.3, 0.4) is 0 Å². The molecule has 0 bridgehead atoms. The summed E-state index contributed by atoms with van der Waals surface area (Å²) in [6, 6.07) is 0.249. The van der Waals surface area contributed by atoms with Crippen molar-refractivity contribution in [1.82, 2.24) is 10.2 Å². The lowest BCUT2D eigenvalue weighted by Crippen LogP contribution is -2.46. The van der Waals surface area contributed by atoms with Crippen LogP contribution in [0, 0.1) is 11.8 Å². The smallest absolute Gasteiger partial charge is 0.225 e. The summed E-state index contributed by atoms with van der Waals surface area (Å²) >= 11 is 0. The van der Waals surface area contributed by atoms with Gasteiger partial charge in [0.1, 0.15) is 0 Å². The molecule has 4 heteroatoms. The lowest BCUT2D eigenvalue weighted by molar-refractivity contribution is -0.140. The van der Waals surface area contributed by atoms with Gasteiger partial charge in [0.05, 0.1) is 0 Å². The van der Waals surface area contributed by atoms with Crippen LogP contribution in [0.4, 0.5) is 0 Å². The third-order valence-electron chi connectivity index (χ3n) is 5.13. The summed E-state index contributed by atoms with van der Waals surface area (Å²) in [6.07, 6.45) is 8.41. The van der Waals surface area contributed by atoms with E-state index in [1.54, 1.807) is 0 Å². The van der Waals surface area contributed by atoms with Gasteiger partial charge in [0.25, 0.3) is 0 Å². The summed E-state index contributed by atoms with van der Waals surface area (Å²) in [5.41, 5.74) is 0. The highest BCUT2D eigenvalue weighted by Gasteiger charge is 2.31. The number of amides is 2. The normalized spacial score (nSPS) is 22.9. The lowest BCUT2D eigenvalue weighted by atomic mass is 9.87. The molecule has 1 unspecified atom stereocenters. The number of rotatable bonds is 4. The van der Waals surface area contributed by atoms with Gasteiger partial charge < -0.3 is 10.2 Å². The molecule has 0 radical (unpaired) electrons. The molecule has 1 saturated heterocycles. The maximum absolute atomic E-state index is 12.5. The van der Waals surface area contributed by atoms with Crippen molar-refractivity contribution in [3.05, 3.63) is 0 Å². The SMILES string of the molecule is CCC(C)NC(=O)C1CCN(C(=O)C2CCCCC2)CC1. The number of hydrogen-bond donors (Lipinski definition) is 1. The molecule has 1 saturated carbocycles. The van der Waals surface area contributed by atoms with Gasteiger partial charge in [-0.1, -0.05) is 26.2 Å². The average molecular weight is 294 g/mol. The Morgan fingerprint density at radius 1 is 1.05 bits per heavy atom. The molecule has 1 heterocycles. The highest BCUT2D eigenvalue weighted by atomic mass is 16.2. The molecule has 4 nitrogen and oxygen atoms in total. The summed E-state index contributed by atoms with van der Waals surface area (Å²) in [4.78, 5) is 26.6. The Hall–Kier alpha value is -1.06. The van der Waals surface area contributed by atoms with Gasteiger partial charge in [0, 0.05) is 31.0 Å². The predicted octanol–water partition coefficient (Wildman–Crippen LogP) is 2.72. The molecule has 0 aromatic rings. The van der Waals surface area contributed by atoms with Crippen LogP contribution < -0.4 is 5.32 Å². The van der Waals surface area contributed by atoms with Gasteiger partial charge >= 0.3 is 0 Å². The minimum atomic E-state index is 0.0920. The molecule has 0 aromatic heterocycles. The van der Waals surface area contributed by atoms with Crippen molar-refractivity contribution in [1.29, 1.82) is 0 Å². The summed E-state index contributed by atoms with van der Waals surface area (Å²) in [6.45, 7) is 5.64. The second-order valence-electron chi connectivity index (χ2n) is 6.75. The van der Waals surface area contributed by atoms with Crippen LogP contribution in [0.5, 0.6) is 0 Å². The van der Waals surface area contributed by atoms with E-state index < -0.39 is 0 Å². The summed E-state index contributed by atoms with van der Waals surface area (Å²) < 4.78 is 0. The van der Waals surface area contributed by atoms with Crippen LogP contribution in [0.1, 0.15) is 65.2 Å². The molecule has 0 spiro atoms. The van der Waals surface area contributed by atoms with Crippen LogP contribution in [0.15, 0.2) is 0 Å². The first-order chi connectivity index (χ1) is 10.1. The van der Waals surface area contributed by atoms with Gasteiger partial charge in [-0.15, -0.1) is 0 Å². The standard InChI is InChI=1S/C17H30N2O2/c1-3-13(2)18-16(20)14-9-11-19(12-10-14)17(21)15-7-5-4-6-8-15/h13-15H,3-12H2,1-2H3,(H,18,20). The fourth-order valence-electron chi connectivity index (χ4n) is 3.43. The second kappa shape index (κ2) is 7.81. The van der Waals surface area contributed by atoms with Crippen molar-refractivity contribution in [3.63, 3.8) is 0 Å². The van der Waals surface area contributed by atoms with Crippen molar-refractivity contribution in [3.8, 4) is 0 Å². The minimum Gasteiger partial charge on any atom is -0.353 e. The van der Waals surface area contributed by atoms with Crippen molar-refractivity contribution in [2.75, 3.05) is 13.1 Å². The number of likely N-dealkylation sites (tertiary alicyclic amines) is 1. The second-order valence-corrected chi connectivity index (χ2v) is 6.75. The van der Waals surface area contributed by atoms with E-state index >= 15 is 0 Å². The molecule has 120 valence electrons. The molecular formula is C17H30N2O2. The first-order valence-electron chi connectivity index (χ1n) is 8.71. The van der Waals surface area contributed by atoms with Gasteiger partial charge in [-0.05, 0) is 39.0 Å². The van der Waals surface area contributed by atoms with Gasteiger partial charge in [-0.2, -0.15) is 0 Å². The Morgan fingerprint density at radius 2 is 1.67 bits per heavy atom. The van der Waals surface area contributed by atoms with E-state index in [1.807, 2.05) is 11.8 Å². The zero-order chi connectivity index (χ0) is 15.2. The van der Waals surface area contributed by atoms with Gasteiger partial charge in [0.15, 0.2) is 0 Å². The van der Waals surface area contributed by atoms with E-state index in [1.165, 1.54) is 19.3 Å². The molecule has 2 rings (SSSR count). The first kappa shape index (κ1) is 16.3. The molecule has 2 aliphatic rings. The fourth-order valence-corrected chi connectivity index (χ4v) is 3.43. The van der Waals surface area contributed by atoms with Crippen LogP contribution in [-0.4, -0.2) is 35.8 Å². The quantitative estimate of drug-likeness (QED) is 0.866. The average Bonchev–Trinajstić information content (AvgIpc) is 2.55.